The van der Waals surface area contributed by atoms with E-state index in [4.69, 9.17) is 4.74 Å². The van der Waals surface area contributed by atoms with Gasteiger partial charge in [0.25, 0.3) is 6.43 Å². The number of hydrogen-bond acceptors (Lipinski definition) is 3. The number of hydrogen-bond donors (Lipinski definition) is 0. The molecular weight excluding hydrogens is 534 g/mol. The second-order valence-corrected chi connectivity index (χ2v) is 6.35. The molecule has 0 bridgehead atoms. The minimum Gasteiger partial charge on any atom is -0.467 e. The van der Waals surface area contributed by atoms with Crippen LogP contribution in [0.1, 0.15) is 12.0 Å². The number of halogens is 5. The molecule has 4 nitrogen and oxygen atoms in total. The maximum atomic E-state index is 14.3. The average molecular weight is 547 g/mol. The summed E-state index contributed by atoms with van der Waals surface area (Å²) in [6.45, 7) is -1.17. The molecule has 1 aliphatic rings. The number of alkyl halides is 3. The second kappa shape index (κ2) is 10.2. The van der Waals surface area contributed by atoms with Crippen molar-refractivity contribution >= 4 is 34.2 Å². The van der Waals surface area contributed by atoms with Gasteiger partial charge in [-0.2, -0.15) is 0 Å². The van der Waals surface area contributed by atoms with Crippen LogP contribution in [0.15, 0.2) is 12.1 Å². The molecule has 0 fully saturated rings. The van der Waals surface area contributed by atoms with Gasteiger partial charge in [0.2, 0.25) is 5.91 Å². The van der Waals surface area contributed by atoms with Crippen molar-refractivity contribution in [3.05, 3.63) is 35.4 Å². The first-order chi connectivity index (χ1) is 11.3. The van der Waals surface area contributed by atoms with Crippen LogP contribution >= 0.6 is 22.6 Å². The van der Waals surface area contributed by atoms with Crippen molar-refractivity contribution in [2.24, 2.45) is 0 Å². The van der Waals surface area contributed by atoms with Crippen molar-refractivity contribution in [3.63, 3.8) is 0 Å². The molecule has 0 aliphatic carbocycles. The van der Waals surface area contributed by atoms with Gasteiger partial charge < -0.3 is 14.4 Å². The van der Waals surface area contributed by atoms with Gasteiger partial charge >= 0.3 is 0 Å². The number of ether oxygens (including phenoxy) is 2. The van der Waals surface area contributed by atoms with Crippen molar-refractivity contribution in [3.8, 4) is 5.75 Å². The third kappa shape index (κ3) is 5.61. The first kappa shape index (κ1) is 22.8. The zero-order valence-corrected chi connectivity index (χ0v) is 18.1. The number of nitrogens with zero attached hydrogens (tertiary/aromatic N) is 1. The van der Waals surface area contributed by atoms with E-state index in [2.05, 4.69) is 10.8 Å². The van der Waals surface area contributed by atoms with Crippen molar-refractivity contribution in [2.45, 2.75) is 16.8 Å². The van der Waals surface area contributed by atoms with E-state index in [9.17, 15) is 22.4 Å². The van der Waals surface area contributed by atoms with Crippen LogP contribution in [0.2, 0.25) is 0 Å². The Bertz CT molecular complexity index is 637. The summed E-state index contributed by atoms with van der Waals surface area (Å²) in [6.07, 6.45) is -0.115. The molecule has 2 rings (SSSR count). The van der Waals surface area contributed by atoms with E-state index in [0.717, 1.165) is 12.1 Å². The van der Waals surface area contributed by atoms with Gasteiger partial charge in [-0.3, -0.25) is 4.79 Å². The first-order valence-corrected chi connectivity index (χ1v) is 8.05. The zero-order chi connectivity index (χ0) is 17.9. The van der Waals surface area contributed by atoms with E-state index in [-0.39, 0.29) is 57.4 Å². The summed E-state index contributed by atoms with van der Waals surface area (Å²) in [5.41, 5.74) is -0.904. The van der Waals surface area contributed by atoms with Crippen LogP contribution in [-0.4, -0.2) is 41.6 Å². The molecule has 1 unspecified atom stereocenters. The van der Waals surface area contributed by atoms with Gasteiger partial charge in [0.1, 0.15) is 5.75 Å². The molecule has 1 aliphatic heterocycles. The van der Waals surface area contributed by atoms with E-state index in [1.807, 2.05) is 0 Å². The van der Waals surface area contributed by atoms with Gasteiger partial charge in [0.05, 0.1) is 22.1 Å². The van der Waals surface area contributed by atoms with E-state index >= 15 is 0 Å². The Kier molecular flexibility index (Phi) is 9.27. The fourth-order valence-electron chi connectivity index (χ4n) is 2.18. The third-order valence-electron chi connectivity index (χ3n) is 3.17. The third-order valence-corrected chi connectivity index (χ3v) is 4.14. The van der Waals surface area contributed by atoms with Gasteiger partial charge in [-0.1, -0.05) is 34.6 Å². The molecule has 1 amide bonds. The van der Waals surface area contributed by atoms with Crippen LogP contribution in [0.3, 0.4) is 0 Å². The topological polar surface area (TPSA) is 38.8 Å². The fourth-order valence-corrected chi connectivity index (χ4v) is 2.73. The molecule has 1 atom stereocenters. The normalized spacial score (nSPS) is 17.4. The molecule has 1 radical (unpaired) electrons. The number of carbonyl (C=O) groups is 1. The van der Waals surface area contributed by atoms with E-state index in [0.29, 0.717) is 4.90 Å². The number of methoxy groups -OCH3 is 1. The standard InChI is InChI=1S/C15H13F4INO3.Y/c1-23-7-24-8-4-9(16)14(10(17)5-8)12-3-2-11(20)15(22)21(12)6-13(18)19;/h4-5,11,13H,2,6-7H2,1H3;/q-1;. The summed E-state index contributed by atoms with van der Waals surface area (Å²) in [7, 11) is 1.34. The minimum atomic E-state index is -2.84. The van der Waals surface area contributed by atoms with E-state index in [1.165, 1.54) is 7.11 Å². The number of rotatable bonds is 6. The van der Waals surface area contributed by atoms with Crippen LogP contribution < -0.4 is 4.74 Å². The van der Waals surface area contributed by atoms with Crippen molar-refractivity contribution in [2.75, 3.05) is 20.4 Å². The van der Waals surface area contributed by atoms with Gasteiger partial charge in [-0.15, -0.1) is 5.70 Å². The van der Waals surface area contributed by atoms with E-state index < -0.39 is 40.0 Å². The summed E-state index contributed by atoms with van der Waals surface area (Å²) in [5, 5.41) is 0. The molecule has 0 saturated carbocycles. The molecule has 1 heterocycles. The predicted octanol–water partition coefficient (Wildman–Crippen LogP) is 3.39. The molecule has 1 aromatic carbocycles. The van der Waals surface area contributed by atoms with Gasteiger partial charge in [-0.05, 0) is 12.1 Å². The minimum absolute atomic E-state index is 0. The second-order valence-electron chi connectivity index (χ2n) is 4.85. The number of allylic oxidation sites excluding steroid dienone is 1. The fraction of sp³-hybridized carbons (Fsp3) is 0.400. The Labute approximate surface area is 180 Å². The Morgan fingerprint density at radius 3 is 2.48 bits per heavy atom. The van der Waals surface area contributed by atoms with Gasteiger partial charge in [0.15, 0.2) is 6.79 Å². The van der Waals surface area contributed by atoms with Crippen molar-refractivity contribution < 1.29 is 64.5 Å². The Balaban J connectivity index is 0.00000312. The largest absolute Gasteiger partial charge is 0.467 e. The molecule has 10 heteroatoms. The van der Waals surface area contributed by atoms with Crippen LogP contribution in [0.25, 0.3) is 5.70 Å². The SMILES string of the molecule is COCOc1cc(F)c(C2=[C-]CC(I)C(=O)N2CC(F)F)c(F)c1.[Y]. The Morgan fingerprint density at radius 2 is 1.96 bits per heavy atom. The van der Waals surface area contributed by atoms with Gasteiger partial charge in [-0.25, -0.2) is 23.6 Å². The quantitative estimate of drug-likeness (QED) is 0.181. The smallest absolute Gasteiger partial charge is 0.256 e. The molecular formula is C15H13F4INO3Y-. The van der Waals surface area contributed by atoms with Gasteiger partial charge in [0, 0.05) is 39.8 Å². The summed E-state index contributed by atoms with van der Waals surface area (Å²) in [5.74, 6) is -2.83. The molecule has 135 valence electrons. The van der Waals surface area contributed by atoms with Crippen LogP contribution in [0.5, 0.6) is 5.75 Å². The maximum absolute atomic E-state index is 14.3. The molecule has 25 heavy (non-hydrogen) atoms. The summed E-state index contributed by atoms with van der Waals surface area (Å²) in [4.78, 5) is 12.8. The Morgan fingerprint density at radius 1 is 1.36 bits per heavy atom. The number of carbonyl (C=O) groups excluding carboxylic acids is 1. The molecule has 0 spiro atoms. The molecule has 1 aromatic rings. The Hall–Kier alpha value is -0.256. The van der Waals surface area contributed by atoms with Crippen molar-refractivity contribution in [1.29, 1.82) is 0 Å². The maximum Gasteiger partial charge on any atom is 0.256 e. The summed E-state index contributed by atoms with van der Waals surface area (Å²) in [6, 6.07) is 1.79. The first-order valence-electron chi connectivity index (χ1n) is 6.80. The van der Waals surface area contributed by atoms with Crippen LogP contribution in [0, 0.1) is 17.7 Å². The van der Waals surface area contributed by atoms with Crippen molar-refractivity contribution in [1.82, 2.24) is 4.90 Å². The van der Waals surface area contributed by atoms with E-state index in [1.54, 1.807) is 22.6 Å². The average Bonchev–Trinajstić information content (AvgIpc) is 2.51. The van der Waals surface area contributed by atoms with Crippen LogP contribution in [-0.2, 0) is 42.2 Å². The summed E-state index contributed by atoms with van der Waals surface area (Å²) >= 11 is 1.78. The molecule has 0 saturated heterocycles. The zero-order valence-electron chi connectivity index (χ0n) is 13.1. The number of benzene rings is 1. The monoisotopic (exact) mass is 547 g/mol. The summed E-state index contributed by atoms with van der Waals surface area (Å²) < 4.78 is 63.1. The molecule has 0 N–H and O–H groups in total. The predicted molar refractivity (Wildman–Crippen MR) is 85.7 cm³/mol. The number of amides is 1. The van der Waals surface area contributed by atoms with Crippen LogP contribution in [0.4, 0.5) is 17.6 Å². The molecule has 0 aromatic heterocycles.